The average molecular weight is 273 g/mol. The number of carbonyl (C=O) groups excluding carboxylic acids is 1. The van der Waals surface area contributed by atoms with Gasteiger partial charge in [0.15, 0.2) is 0 Å². The first-order chi connectivity index (χ1) is 9.79. The number of aromatic nitrogens is 2. The Hall–Kier alpha value is -1.32. The molecule has 4 unspecified atom stereocenters. The van der Waals surface area contributed by atoms with Crippen LogP contribution in [0.5, 0.6) is 0 Å². The molecule has 1 aromatic rings. The van der Waals surface area contributed by atoms with Crippen LogP contribution in [0.4, 0.5) is 0 Å². The van der Waals surface area contributed by atoms with Gasteiger partial charge in [-0.05, 0) is 43.4 Å². The summed E-state index contributed by atoms with van der Waals surface area (Å²) in [5.41, 5.74) is 0. The van der Waals surface area contributed by atoms with Gasteiger partial charge in [0.25, 0.3) is 0 Å². The van der Waals surface area contributed by atoms with E-state index in [2.05, 4.69) is 14.9 Å². The van der Waals surface area contributed by atoms with Gasteiger partial charge in [0.2, 0.25) is 5.91 Å². The normalized spacial score (nSPS) is 35.9. The highest BCUT2D eigenvalue weighted by Gasteiger charge is 2.41. The number of nitrogens with one attached hydrogen (secondary N) is 1. The number of likely N-dealkylation sites (tertiary alicyclic amines) is 1. The fourth-order valence-electron chi connectivity index (χ4n) is 4.69. The summed E-state index contributed by atoms with van der Waals surface area (Å²) in [7, 11) is 0. The molecule has 1 aliphatic heterocycles. The number of nitrogens with zero attached hydrogens (tertiary/aromatic N) is 2. The average Bonchev–Trinajstić information content (AvgIpc) is 3.21. The Balaban J connectivity index is 1.33. The van der Waals surface area contributed by atoms with Crippen molar-refractivity contribution in [2.45, 2.75) is 44.4 Å². The second-order valence-electron chi connectivity index (χ2n) is 6.94. The minimum atomic E-state index is 0.386. The molecule has 0 radical (unpaired) electrons. The van der Waals surface area contributed by atoms with Crippen molar-refractivity contribution in [1.29, 1.82) is 0 Å². The van der Waals surface area contributed by atoms with Gasteiger partial charge >= 0.3 is 0 Å². The van der Waals surface area contributed by atoms with Crippen molar-refractivity contribution in [1.82, 2.24) is 14.9 Å². The maximum absolute atomic E-state index is 12.5. The van der Waals surface area contributed by atoms with Crippen LogP contribution in [0, 0.1) is 17.8 Å². The summed E-state index contributed by atoms with van der Waals surface area (Å²) in [6, 6.07) is 0. The maximum atomic E-state index is 12.5. The molecule has 1 aromatic heterocycles. The lowest BCUT2D eigenvalue weighted by Crippen LogP contribution is -2.31. The fourth-order valence-corrected chi connectivity index (χ4v) is 4.69. The highest BCUT2D eigenvalue weighted by Crippen LogP contribution is 2.49. The number of fused-ring (bicyclic) bond motifs is 2. The summed E-state index contributed by atoms with van der Waals surface area (Å²) in [6.07, 6.45) is 11.0. The van der Waals surface area contributed by atoms with Gasteiger partial charge in [-0.2, -0.15) is 0 Å². The quantitative estimate of drug-likeness (QED) is 0.920. The lowest BCUT2D eigenvalue weighted by Gasteiger charge is -2.24. The molecule has 4 nitrogen and oxygen atoms in total. The predicted molar refractivity (Wildman–Crippen MR) is 76.1 cm³/mol. The van der Waals surface area contributed by atoms with E-state index in [-0.39, 0.29) is 0 Å². The first kappa shape index (κ1) is 12.4. The number of amides is 1. The van der Waals surface area contributed by atoms with Gasteiger partial charge < -0.3 is 9.88 Å². The van der Waals surface area contributed by atoms with Crippen LogP contribution < -0.4 is 0 Å². The van der Waals surface area contributed by atoms with E-state index in [0.29, 0.717) is 17.7 Å². The zero-order chi connectivity index (χ0) is 13.5. The number of hydrogen-bond acceptors (Lipinski definition) is 2. The topological polar surface area (TPSA) is 49.0 Å². The molecule has 0 aromatic carbocycles. The minimum Gasteiger partial charge on any atom is -0.348 e. The fraction of sp³-hybridized carbons (Fsp3) is 0.750. The van der Waals surface area contributed by atoms with Crippen LogP contribution in [0.3, 0.4) is 0 Å². The van der Waals surface area contributed by atoms with Crippen molar-refractivity contribution < 1.29 is 4.79 Å². The van der Waals surface area contributed by atoms with Crippen LogP contribution in [0.15, 0.2) is 12.4 Å². The van der Waals surface area contributed by atoms with Crippen molar-refractivity contribution in [3.63, 3.8) is 0 Å². The van der Waals surface area contributed by atoms with E-state index in [0.717, 1.165) is 43.6 Å². The zero-order valence-electron chi connectivity index (χ0n) is 11.9. The molecule has 4 atom stereocenters. The van der Waals surface area contributed by atoms with E-state index in [9.17, 15) is 4.79 Å². The van der Waals surface area contributed by atoms with Crippen LogP contribution in [-0.4, -0.2) is 33.9 Å². The molecule has 2 aliphatic carbocycles. The summed E-state index contributed by atoms with van der Waals surface area (Å²) in [6.45, 7) is 1.76. The van der Waals surface area contributed by atoms with Crippen LogP contribution in [0.25, 0.3) is 0 Å². The van der Waals surface area contributed by atoms with Crippen LogP contribution in [-0.2, 0) is 4.79 Å². The van der Waals surface area contributed by atoms with Crippen LogP contribution in [0.1, 0.15) is 50.3 Å². The van der Waals surface area contributed by atoms with Crippen LogP contribution >= 0.6 is 0 Å². The molecular weight excluding hydrogens is 250 g/mol. The molecule has 3 aliphatic rings. The van der Waals surface area contributed by atoms with Crippen molar-refractivity contribution >= 4 is 5.91 Å². The molecule has 108 valence electrons. The van der Waals surface area contributed by atoms with E-state index < -0.39 is 0 Å². The van der Waals surface area contributed by atoms with Gasteiger partial charge in [-0.3, -0.25) is 4.79 Å². The van der Waals surface area contributed by atoms with E-state index >= 15 is 0 Å². The highest BCUT2D eigenvalue weighted by atomic mass is 16.2. The first-order valence-corrected chi connectivity index (χ1v) is 8.06. The van der Waals surface area contributed by atoms with Crippen molar-refractivity contribution in [2.24, 2.45) is 17.8 Å². The Morgan fingerprint density at radius 2 is 2.30 bits per heavy atom. The second kappa shape index (κ2) is 4.90. The summed E-state index contributed by atoms with van der Waals surface area (Å²) >= 11 is 0. The molecule has 1 saturated heterocycles. The van der Waals surface area contributed by atoms with E-state index in [1.54, 1.807) is 6.20 Å². The standard InChI is InChI=1S/C16H23N3O/c20-15(9-14-8-11-1-2-12(14)7-11)19-6-3-13(10-19)16-17-4-5-18-16/h4-5,11-14H,1-3,6-10H2,(H,17,18). The van der Waals surface area contributed by atoms with Crippen molar-refractivity contribution in [2.75, 3.05) is 13.1 Å². The third kappa shape index (κ3) is 2.15. The third-order valence-electron chi connectivity index (χ3n) is 5.77. The molecule has 3 fully saturated rings. The predicted octanol–water partition coefficient (Wildman–Crippen LogP) is 2.55. The van der Waals surface area contributed by atoms with E-state index in [4.69, 9.17) is 0 Å². The second-order valence-corrected chi connectivity index (χ2v) is 6.94. The Labute approximate surface area is 120 Å². The minimum absolute atomic E-state index is 0.386. The number of imidazole rings is 1. The van der Waals surface area contributed by atoms with Gasteiger partial charge in [0.1, 0.15) is 5.82 Å². The Bertz CT molecular complexity index is 484. The maximum Gasteiger partial charge on any atom is 0.222 e. The molecular formula is C16H23N3O. The molecule has 1 N–H and O–H groups in total. The molecule has 4 heteroatoms. The molecule has 0 spiro atoms. The lowest BCUT2D eigenvalue weighted by molar-refractivity contribution is -0.131. The SMILES string of the molecule is O=C(CC1CC2CCC1C2)N1CCC(c2ncc[nH]2)C1. The zero-order valence-corrected chi connectivity index (χ0v) is 11.9. The molecule has 4 rings (SSSR count). The van der Waals surface area contributed by atoms with Gasteiger partial charge in [0.05, 0.1) is 0 Å². The lowest BCUT2D eigenvalue weighted by atomic mass is 9.86. The summed E-state index contributed by atoms with van der Waals surface area (Å²) in [5.74, 6) is 4.31. The number of aromatic amines is 1. The third-order valence-corrected chi connectivity index (χ3v) is 5.77. The Morgan fingerprint density at radius 3 is 3.00 bits per heavy atom. The molecule has 2 saturated carbocycles. The van der Waals surface area contributed by atoms with E-state index in [1.165, 1.54) is 25.7 Å². The highest BCUT2D eigenvalue weighted by molar-refractivity contribution is 5.77. The first-order valence-electron chi connectivity index (χ1n) is 8.06. The largest absolute Gasteiger partial charge is 0.348 e. The monoisotopic (exact) mass is 273 g/mol. The van der Waals surface area contributed by atoms with Crippen molar-refractivity contribution in [3.8, 4) is 0 Å². The van der Waals surface area contributed by atoms with Gasteiger partial charge in [-0.1, -0.05) is 6.42 Å². The summed E-state index contributed by atoms with van der Waals surface area (Å²) < 4.78 is 0. The number of carbonyl (C=O) groups is 1. The Kier molecular flexibility index (Phi) is 3.04. The number of rotatable bonds is 3. The molecule has 1 amide bonds. The van der Waals surface area contributed by atoms with Gasteiger partial charge in [-0.25, -0.2) is 4.98 Å². The van der Waals surface area contributed by atoms with Crippen molar-refractivity contribution in [3.05, 3.63) is 18.2 Å². The van der Waals surface area contributed by atoms with E-state index in [1.807, 2.05) is 6.20 Å². The number of H-pyrrole nitrogens is 1. The van der Waals surface area contributed by atoms with Gasteiger partial charge in [0, 0.05) is 37.8 Å². The summed E-state index contributed by atoms with van der Waals surface area (Å²) in [5, 5.41) is 0. The molecule has 20 heavy (non-hydrogen) atoms. The number of hydrogen-bond donors (Lipinski definition) is 1. The van der Waals surface area contributed by atoms with Gasteiger partial charge in [-0.15, -0.1) is 0 Å². The molecule has 2 heterocycles. The Morgan fingerprint density at radius 1 is 1.35 bits per heavy atom. The molecule has 2 bridgehead atoms. The summed E-state index contributed by atoms with van der Waals surface area (Å²) in [4.78, 5) is 22.1. The smallest absolute Gasteiger partial charge is 0.222 e. The van der Waals surface area contributed by atoms with Crippen LogP contribution in [0.2, 0.25) is 0 Å².